The molecule has 1 aromatic heterocycles. The van der Waals surface area contributed by atoms with Gasteiger partial charge in [0, 0.05) is 51.7 Å². The zero-order valence-corrected chi connectivity index (χ0v) is 13.7. The van der Waals surface area contributed by atoms with E-state index in [4.69, 9.17) is 0 Å². The van der Waals surface area contributed by atoms with Crippen LogP contribution >= 0.6 is 0 Å². The van der Waals surface area contributed by atoms with Crippen LogP contribution in [0.2, 0.25) is 0 Å². The summed E-state index contributed by atoms with van der Waals surface area (Å²) in [5.74, 6) is 0. The fourth-order valence-corrected chi connectivity index (χ4v) is 3.30. The van der Waals surface area contributed by atoms with E-state index in [2.05, 4.69) is 63.2 Å². The fourth-order valence-electron chi connectivity index (χ4n) is 3.30. The molecule has 0 spiro atoms. The van der Waals surface area contributed by atoms with Gasteiger partial charge in [0.1, 0.15) is 0 Å². The molecule has 4 heteroatoms. The molecule has 4 nitrogen and oxygen atoms in total. The summed E-state index contributed by atoms with van der Waals surface area (Å²) in [5, 5.41) is 10.3. The third-order valence-corrected chi connectivity index (χ3v) is 4.48. The number of aliphatic hydroxyl groups excluding tert-OH is 1. The average Bonchev–Trinajstić information content (AvgIpc) is 3.00. The van der Waals surface area contributed by atoms with E-state index in [0.717, 1.165) is 52.2 Å². The molecule has 1 fully saturated rings. The Bertz CT molecular complexity index is 555. The molecular weight excluding hydrogens is 286 g/mol. The summed E-state index contributed by atoms with van der Waals surface area (Å²) >= 11 is 0. The van der Waals surface area contributed by atoms with Gasteiger partial charge < -0.3 is 9.67 Å². The largest absolute Gasteiger partial charge is 0.390 e. The van der Waals surface area contributed by atoms with E-state index in [-0.39, 0.29) is 6.10 Å². The summed E-state index contributed by atoms with van der Waals surface area (Å²) in [6.45, 7) is 6.64. The lowest BCUT2D eigenvalue weighted by Crippen LogP contribution is -2.34. The van der Waals surface area contributed by atoms with E-state index >= 15 is 0 Å². The summed E-state index contributed by atoms with van der Waals surface area (Å²) in [7, 11) is 0. The van der Waals surface area contributed by atoms with Gasteiger partial charge in [-0.1, -0.05) is 30.3 Å². The number of hydrogen-bond donors (Lipinski definition) is 1. The molecule has 1 N–H and O–H groups in total. The van der Waals surface area contributed by atoms with Gasteiger partial charge in [0.25, 0.3) is 0 Å². The van der Waals surface area contributed by atoms with Gasteiger partial charge in [-0.25, -0.2) is 0 Å². The van der Waals surface area contributed by atoms with E-state index < -0.39 is 0 Å². The zero-order valence-electron chi connectivity index (χ0n) is 13.7. The second kappa shape index (κ2) is 8.29. The highest BCUT2D eigenvalue weighted by Crippen LogP contribution is 2.10. The summed E-state index contributed by atoms with van der Waals surface area (Å²) < 4.78 is 2.22. The van der Waals surface area contributed by atoms with Crippen molar-refractivity contribution in [1.82, 2.24) is 14.4 Å². The van der Waals surface area contributed by atoms with Crippen molar-refractivity contribution in [2.75, 3.05) is 32.7 Å². The molecule has 2 aromatic rings. The Kier molecular flexibility index (Phi) is 5.86. The highest BCUT2D eigenvalue weighted by molar-refractivity contribution is 5.14. The van der Waals surface area contributed by atoms with Gasteiger partial charge in [0.2, 0.25) is 0 Å². The van der Waals surface area contributed by atoms with Crippen LogP contribution < -0.4 is 0 Å². The maximum Gasteiger partial charge on any atom is 0.0793 e. The minimum Gasteiger partial charge on any atom is -0.390 e. The molecular formula is C19H27N3O. The van der Waals surface area contributed by atoms with E-state index in [1.54, 1.807) is 0 Å². The molecule has 23 heavy (non-hydrogen) atoms. The lowest BCUT2D eigenvalue weighted by molar-refractivity contribution is 0.107. The quantitative estimate of drug-likeness (QED) is 0.886. The predicted molar refractivity (Wildman–Crippen MR) is 93.2 cm³/mol. The first-order chi connectivity index (χ1) is 11.3. The zero-order chi connectivity index (χ0) is 15.9. The van der Waals surface area contributed by atoms with Gasteiger partial charge in [-0.2, -0.15) is 0 Å². The molecule has 1 aliphatic rings. The third-order valence-electron chi connectivity index (χ3n) is 4.48. The second-order valence-electron chi connectivity index (χ2n) is 6.45. The predicted octanol–water partition coefficient (Wildman–Crippen LogP) is 2.06. The van der Waals surface area contributed by atoms with E-state index in [1.165, 1.54) is 5.56 Å². The molecule has 0 amide bonds. The molecule has 124 valence electrons. The molecule has 1 aliphatic heterocycles. The number of aliphatic hydroxyl groups is 1. The molecule has 1 saturated heterocycles. The molecule has 0 radical (unpaired) electrons. The van der Waals surface area contributed by atoms with Crippen LogP contribution in [-0.4, -0.2) is 58.3 Å². The standard InChI is InChI=1S/C19H27N3O/c23-19-16-21(12-6-11-20-9-4-5-10-20)13-14-22(17-19)15-18-7-2-1-3-8-18/h1-5,7-10,19,23H,6,11-17H2/t19-/m0/s1. The molecule has 0 aliphatic carbocycles. The van der Waals surface area contributed by atoms with E-state index in [1.807, 2.05) is 6.07 Å². The van der Waals surface area contributed by atoms with Crippen LogP contribution in [0.4, 0.5) is 0 Å². The maximum absolute atomic E-state index is 10.3. The van der Waals surface area contributed by atoms with Crippen LogP contribution in [0.1, 0.15) is 12.0 Å². The fraction of sp³-hybridized carbons (Fsp3) is 0.474. The van der Waals surface area contributed by atoms with Gasteiger partial charge in [-0.15, -0.1) is 0 Å². The van der Waals surface area contributed by atoms with Gasteiger partial charge in [0.05, 0.1) is 6.10 Å². The Morgan fingerprint density at radius 2 is 1.57 bits per heavy atom. The summed E-state index contributed by atoms with van der Waals surface area (Å²) in [4.78, 5) is 4.77. The monoisotopic (exact) mass is 313 g/mol. The molecule has 0 unspecified atom stereocenters. The topological polar surface area (TPSA) is 31.6 Å². The first kappa shape index (κ1) is 16.2. The lowest BCUT2D eigenvalue weighted by Gasteiger charge is -2.21. The van der Waals surface area contributed by atoms with Gasteiger partial charge in [-0.05, 0) is 30.7 Å². The Labute approximate surface area is 139 Å². The van der Waals surface area contributed by atoms with Crippen molar-refractivity contribution in [3.05, 3.63) is 60.4 Å². The van der Waals surface area contributed by atoms with Crippen LogP contribution in [0.25, 0.3) is 0 Å². The van der Waals surface area contributed by atoms with Gasteiger partial charge in [0.15, 0.2) is 0 Å². The Hall–Kier alpha value is -1.62. The number of benzene rings is 1. The number of nitrogens with zero attached hydrogens (tertiary/aromatic N) is 3. The summed E-state index contributed by atoms with van der Waals surface area (Å²) in [6.07, 6.45) is 5.09. The molecule has 1 aromatic carbocycles. The van der Waals surface area contributed by atoms with E-state index in [0.29, 0.717) is 0 Å². The van der Waals surface area contributed by atoms with E-state index in [9.17, 15) is 5.11 Å². The number of rotatable bonds is 6. The molecule has 3 rings (SSSR count). The van der Waals surface area contributed by atoms with Crippen LogP contribution in [-0.2, 0) is 13.1 Å². The normalized spacial score (nSPS) is 20.5. The smallest absolute Gasteiger partial charge is 0.0793 e. The van der Waals surface area contributed by atoms with Crippen LogP contribution in [0.15, 0.2) is 54.9 Å². The molecule has 0 bridgehead atoms. The number of aryl methyl sites for hydroxylation is 1. The van der Waals surface area contributed by atoms with Crippen molar-refractivity contribution < 1.29 is 5.11 Å². The number of aromatic nitrogens is 1. The van der Waals surface area contributed by atoms with Crippen molar-refractivity contribution >= 4 is 0 Å². The first-order valence-electron chi connectivity index (χ1n) is 8.57. The van der Waals surface area contributed by atoms with Gasteiger partial charge in [-0.3, -0.25) is 9.80 Å². The van der Waals surface area contributed by atoms with Crippen molar-refractivity contribution in [2.24, 2.45) is 0 Å². The van der Waals surface area contributed by atoms with Crippen LogP contribution in [0.3, 0.4) is 0 Å². The summed E-state index contributed by atoms with van der Waals surface area (Å²) in [5.41, 5.74) is 1.32. The Balaban J connectivity index is 1.45. The highest BCUT2D eigenvalue weighted by Gasteiger charge is 2.20. The van der Waals surface area contributed by atoms with Crippen molar-refractivity contribution in [3.63, 3.8) is 0 Å². The first-order valence-corrected chi connectivity index (χ1v) is 8.57. The molecule has 0 saturated carbocycles. The number of β-amino-alcohol motifs (C(OH)–C–C–N with tert-alkyl or cyclic N) is 1. The number of hydrogen-bond acceptors (Lipinski definition) is 3. The van der Waals surface area contributed by atoms with Crippen LogP contribution in [0.5, 0.6) is 0 Å². The molecule has 2 heterocycles. The third kappa shape index (κ3) is 5.20. The molecule has 1 atom stereocenters. The Morgan fingerprint density at radius 1 is 0.870 bits per heavy atom. The van der Waals surface area contributed by atoms with Crippen molar-refractivity contribution in [2.45, 2.75) is 25.6 Å². The van der Waals surface area contributed by atoms with Gasteiger partial charge >= 0.3 is 0 Å². The Morgan fingerprint density at radius 3 is 2.35 bits per heavy atom. The lowest BCUT2D eigenvalue weighted by atomic mass is 10.2. The second-order valence-corrected chi connectivity index (χ2v) is 6.45. The average molecular weight is 313 g/mol. The highest BCUT2D eigenvalue weighted by atomic mass is 16.3. The summed E-state index contributed by atoms with van der Waals surface area (Å²) in [6, 6.07) is 14.7. The SMILES string of the molecule is O[C@H]1CN(CCCn2cccc2)CCN(Cc2ccccc2)C1. The van der Waals surface area contributed by atoms with Crippen molar-refractivity contribution in [1.29, 1.82) is 0 Å². The van der Waals surface area contributed by atoms with Crippen LogP contribution in [0, 0.1) is 0 Å². The minimum absolute atomic E-state index is 0.257. The maximum atomic E-state index is 10.3. The van der Waals surface area contributed by atoms with Crippen molar-refractivity contribution in [3.8, 4) is 0 Å². The minimum atomic E-state index is -0.257.